The predicted molar refractivity (Wildman–Crippen MR) is 53.4 cm³/mol. The average Bonchev–Trinajstić information content (AvgIpc) is 2.09. The molecule has 0 bridgehead atoms. The lowest BCUT2D eigenvalue weighted by atomic mass is 10.1. The topological polar surface area (TPSA) is 6.48 Å². The van der Waals surface area contributed by atoms with Gasteiger partial charge in [0, 0.05) is 25.7 Å². The molecule has 2 nitrogen and oxygen atoms in total. The molecule has 0 N–H and O–H groups in total. The number of likely N-dealkylation sites (N-methyl/N-ethyl adjacent to an activating group) is 1. The minimum absolute atomic E-state index is 0.797. The van der Waals surface area contributed by atoms with E-state index in [2.05, 4.69) is 30.7 Å². The summed E-state index contributed by atoms with van der Waals surface area (Å²) in [5, 5.41) is 0. The van der Waals surface area contributed by atoms with Crippen LogP contribution in [0.3, 0.4) is 0 Å². The number of hydrogen-bond acceptors (Lipinski definition) is 2. The second kappa shape index (κ2) is 4.83. The third-order valence-electron chi connectivity index (χ3n) is 2.87. The van der Waals surface area contributed by atoms with Crippen molar-refractivity contribution < 1.29 is 0 Å². The normalized spacial score (nSPS) is 27.8. The lowest BCUT2D eigenvalue weighted by Crippen LogP contribution is -2.51. The molecule has 1 atom stereocenters. The monoisotopic (exact) mass is 170 g/mol. The van der Waals surface area contributed by atoms with Crippen molar-refractivity contribution in [2.45, 2.75) is 32.7 Å². The molecular formula is C10H22N2. The molecule has 1 heterocycles. The highest BCUT2D eigenvalue weighted by Crippen LogP contribution is 2.10. The van der Waals surface area contributed by atoms with Crippen LogP contribution in [0.5, 0.6) is 0 Å². The average molecular weight is 170 g/mol. The Morgan fingerprint density at radius 2 is 2.00 bits per heavy atom. The second-order valence-corrected chi connectivity index (χ2v) is 3.84. The van der Waals surface area contributed by atoms with Gasteiger partial charge in [0.25, 0.3) is 0 Å². The molecule has 1 saturated heterocycles. The molecule has 12 heavy (non-hydrogen) atoms. The molecule has 1 aliphatic rings. The Hall–Kier alpha value is -0.0800. The van der Waals surface area contributed by atoms with Gasteiger partial charge < -0.3 is 9.80 Å². The molecule has 1 unspecified atom stereocenters. The molecule has 72 valence electrons. The van der Waals surface area contributed by atoms with Gasteiger partial charge in [-0.1, -0.05) is 13.8 Å². The van der Waals surface area contributed by atoms with Crippen molar-refractivity contribution in [2.24, 2.45) is 0 Å². The van der Waals surface area contributed by atoms with Crippen LogP contribution in [0.15, 0.2) is 0 Å². The first-order chi connectivity index (χ1) is 5.77. The van der Waals surface area contributed by atoms with E-state index in [1.165, 1.54) is 39.0 Å². The first-order valence-electron chi connectivity index (χ1n) is 5.20. The Morgan fingerprint density at radius 3 is 2.58 bits per heavy atom. The summed E-state index contributed by atoms with van der Waals surface area (Å²) in [5.74, 6) is 0. The van der Waals surface area contributed by atoms with Gasteiger partial charge in [0.1, 0.15) is 0 Å². The van der Waals surface area contributed by atoms with E-state index in [1.54, 1.807) is 0 Å². The Kier molecular flexibility index (Phi) is 4.02. The molecule has 2 heteroatoms. The lowest BCUT2D eigenvalue weighted by molar-refractivity contribution is 0.0934. The third kappa shape index (κ3) is 2.46. The van der Waals surface area contributed by atoms with E-state index in [-0.39, 0.29) is 0 Å². The van der Waals surface area contributed by atoms with Crippen molar-refractivity contribution in [2.75, 3.05) is 33.2 Å². The smallest absolute Gasteiger partial charge is 0.0218 e. The van der Waals surface area contributed by atoms with Crippen LogP contribution in [0.1, 0.15) is 26.7 Å². The van der Waals surface area contributed by atoms with Crippen molar-refractivity contribution in [1.29, 1.82) is 0 Å². The van der Waals surface area contributed by atoms with Gasteiger partial charge in [0.2, 0.25) is 0 Å². The van der Waals surface area contributed by atoms with Crippen molar-refractivity contribution in [3.63, 3.8) is 0 Å². The van der Waals surface area contributed by atoms with Crippen LogP contribution in [-0.4, -0.2) is 49.1 Å². The van der Waals surface area contributed by atoms with Crippen LogP contribution in [0, 0.1) is 0 Å². The van der Waals surface area contributed by atoms with E-state index in [9.17, 15) is 0 Å². The Morgan fingerprint density at radius 1 is 1.25 bits per heavy atom. The van der Waals surface area contributed by atoms with E-state index in [1.807, 2.05) is 0 Å². The molecule has 0 saturated carbocycles. The van der Waals surface area contributed by atoms with Crippen LogP contribution in [0.4, 0.5) is 0 Å². The maximum atomic E-state index is 2.59. The summed E-state index contributed by atoms with van der Waals surface area (Å²) in [6, 6.07) is 0.797. The molecule has 1 fully saturated rings. The van der Waals surface area contributed by atoms with E-state index < -0.39 is 0 Å². The van der Waals surface area contributed by atoms with Crippen molar-refractivity contribution in [3.8, 4) is 0 Å². The first kappa shape index (κ1) is 10.0. The van der Waals surface area contributed by atoms with Crippen molar-refractivity contribution in [1.82, 2.24) is 9.80 Å². The number of piperazine rings is 1. The van der Waals surface area contributed by atoms with Gasteiger partial charge in [-0.2, -0.15) is 0 Å². The van der Waals surface area contributed by atoms with Gasteiger partial charge >= 0.3 is 0 Å². The van der Waals surface area contributed by atoms with E-state index >= 15 is 0 Å². The highest BCUT2D eigenvalue weighted by Gasteiger charge is 2.21. The van der Waals surface area contributed by atoms with Crippen LogP contribution in [-0.2, 0) is 0 Å². The Bertz CT molecular complexity index is 125. The fraction of sp³-hybridized carbons (Fsp3) is 1.00. The molecule has 0 aromatic heterocycles. The molecule has 0 aromatic rings. The van der Waals surface area contributed by atoms with Crippen molar-refractivity contribution >= 4 is 0 Å². The fourth-order valence-corrected chi connectivity index (χ4v) is 1.97. The van der Waals surface area contributed by atoms with Gasteiger partial charge in [-0.15, -0.1) is 0 Å². The molecule has 0 aliphatic carbocycles. The Labute approximate surface area is 76.5 Å². The quantitative estimate of drug-likeness (QED) is 0.632. The summed E-state index contributed by atoms with van der Waals surface area (Å²) in [6.07, 6.45) is 2.58. The van der Waals surface area contributed by atoms with Gasteiger partial charge in [0.15, 0.2) is 0 Å². The lowest BCUT2D eigenvalue weighted by Gasteiger charge is -2.39. The number of hydrogen-bond donors (Lipinski definition) is 0. The highest BCUT2D eigenvalue weighted by atomic mass is 15.3. The van der Waals surface area contributed by atoms with Gasteiger partial charge in [0.05, 0.1) is 0 Å². The third-order valence-corrected chi connectivity index (χ3v) is 2.87. The summed E-state index contributed by atoms with van der Waals surface area (Å²) in [4.78, 5) is 5.08. The summed E-state index contributed by atoms with van der Waals surface area (Å²) < 4.78 is 0. The highest BCUT2D eigenvalue weighted by molar-refractivity contribution is 4.78. The minimum Gasteiger partial charge on any atom is -0.301 e. The zero-order chi connectivity index (χ0) is 8.97. The largest absolute Gasteiger partial charge is 0.301 e. The summed E-state index contributed by atoms with van der Waals surface area (Å²) in [7, 11) is 2.25. The van der Waals surface area contributed by atoms with Gasteiger partial charge in [-0.05, 0) is 26.4 Å². The molecule has 1 aliphatic heterocycles. The molecule has 0 spiro atoms. The van der Waals surface area contributed by atoms with Crippen LogP contribution < -0.4 is 0 Å². The summed E-state index contributed by atoms with van der Waals surface area (Å²) in [6.45, 7) is 9.63. The maximum Gasteiger partial charge on any atom is 0.0218 e. The van der Waals surface area contributed by atoms with Crippen LogP contribution in [0.2, 0.25) is 0 Å². The zero-order valence-electron chi connectivity index (χ0n) is 8.71. The summed E-state index contributed by atoms with van der Waals surface area (Å²) in [5.41, 5.74) is 0. The van der Waals surface area contributed by atoms with Crippen molar-refractivity contribution in [3.05, 3.63) is 0 Å². The standard InChI is InChI=1S/C10H22N2/c1-4-6-12-8-7-11(3)10(5-2)9-12/h10H,4-9H2,1-3H3. The minimum atomic E-state index is 0.797. The summed E-state index contributed by atoms with van der Waals surface area (Å²) >= 11 is 0. The molecular weight excluding hydrogens is 148 g/mol. The van der Waals surface area contributed by atoms with E-state index in [0.717, 1.165) is 6.04 Å². The SMILES string of the molecule is CCCN1CCN(C)C(CC)C1. The fourth-order valence-electron chi connectivity index (χ4n) is 1.97. The Balaban J connectivity index is 2.33. The predicted octanol–water partition coefficient (Wildman–Crippen LogP) is 1.42. The zero-order valence-corrected chi connectivity index (χ0v) is 8.71. The first-order valence-corrected chi connectivity index (χ1v) is 5.20. The van der Waals surface area contributed by atoms with Gasteiger partial charge in [-0.25, -0.2) is 0 Å². The van der Waals surface area contributed by atoms with E-state index in [0.29, 0.717) is 0 Å². The van der Waals surface area contributed by atoms with Crippen LogP contribution in [0.25, 0.3) is 0 Å². The number of nitrogens with zero attached hydrogens (tertiary/aromatic N) is 2. The number of rotatable bonds is 3. The van der Waals surface area contributed by atoms with Gasteiger partial charge in [-0.3, -0.25) is 0 Å². The molecule has 1 rings (SSSR count). The maximum absolute atomic E-state index is 2.59. The molecule has 0 aromatic carbocycles. The van der Waals surface area contributed by atoms with E-state index in [4.69, 9.17) is 0 Å². The second-order valence-electron chi connectivity index (χ2n) is 3.84. The molecule has 0 amide bonds. The van der Waals surface area contributed by atoms with Crippen LogP contribution >= 0.6 is 0 Å². The molecule has 0 radical (unpaired) electrons.